The zero-order chi connectivity index (χ0) is 13.1. The van der Waals surface area contributed by atoms with E-state index in [-0.39, 0.29) is 6.04 Å². The molecule has 0 bridgehead atoms. The third-order valence-electron chi connectivity index (χ3n) is 4.20. The number of likely N-dealkylation sites (tertiary alicyclic amines) is 1. The monoisotopic (exact) mass is 253 g/mol. The van der Waals surface area contributed by atoms with Gasteiger partial charge in [-0.2, -0.15) is 0 Å². The summed E-state index contributed by atoms with van der Waals surface area (Å²) in [5.41, 5.74) is 0. The number of carbonyl (C=O) groups is 1. The summed E-state index contributed by atoms with van der Waals surface area (Å²) in [4.78, 5) is 16.7. The SMILES string of the molecule is CC(C)CC1NCN(CC2CCCCN2C)C1=O. The van der Waals surface area contributed by atoms with E-state index in [1.54, 1.807) is 0 Å². The van der Waals surface area contributed by atoms with E-state index >= 15 is 0 Å². The molecule has 1 N–H and O–H groups in total. The Bertz CT molecular complexity index is 293. The van der Waals surface area contributed by atoms with Crippen LogP contribution in [0, 0.1) is 5.92 Å². The topological polar surface area (TPSA) is 35.6 Å². The van der Waals surface area contributed by atoms with Crippen molar-refractivity contribution in [3.8, 4) is 0 Å². The van der Waals surface area contributed by atoms with Crippen molar-refractivity contribution in [2.24, 2.45) is 5.92 Å². The van der Waals surface area contributed by atoms with E-state index in [0.29, 0.717) is 17.9 Å². The summed E-state index contributed by atoms with van der Waals surface area (Å²) in [6.45, 7) is 7.16. The minimum atomic E-state index is 0.0545. The Morgan fingerprint density at radius 1 is 1.39 bits per heavy atom. The summed E-state index contributed by atoms with van der Waals surface area (Å²) in [5.74, 6) is 0.881. The maximum atomic E-state index is 12.3. The molecule has 0 aromatic rings. The third kappa shape index (κ3) is 3.23. The average Bonchev–Trinajstić information content (AvgIpc) is 2.64. The predicted molar refractivity (Wildman–Crippen MR) is 73.2 cm³/mol. The van der Waals surface area contributed by atoms with E-state index in [4.69, 9.17) is 0 Å². The van der Waals surface area contributed by atoms with Crippen LogP contribution in [-0.2, 0) is 4.79 Å². The van der Waals surface area contributed by atoms with Crippen LogP contribution in [0.1, 0.15) is 39.5 Å². The summed E-state index contributed by atoms with van der Waals surface area (Å²) in [5, 5.41) is 3.35. The Hall–Kier alpha value is -0.610. The molecule has 0 radical (unpaired) electrons. The van der Waals surface area contributed by atoms with Crippen LogP contribution >= 0.6 is 0 Å². The lowest BCUT2D eigenvalue weighted by Crippen LogP contribution is -2.45. The number of carbonyl (C=O) groups excluding carboxylic acids is 1. The number of hydrogen-bond acceptors (Lipinski definition) is 3. The first-order chi connectivity index (χ1) is 8.58. The van der Waals surface area contributed by atoms with E-state index in [1.807, 2.05) is 4.90 Å². The molecule has 2 saturated heterocycles. The molecule has 0 aliphatic carbocycles. The molecule has 2 aliphatic rings. The van der Waals surface area contributed by atoms with Crippen LogP contribution in [0.4, 0.5) is 0 Å². The van der Waals surface area contributed by atoms with Crippen molar-refractivity contribution in [3.05, 3.63) is 0 Å². The van der Waals surface area contributed by atoms with Gasteiger partial charge in [-0.05, 0) is 38.8 Å². The van der Waals surface area contributed by atoms with Gasteiger partial charge < -0.3 is 9.80 Å². The molecule has 2 rings (SSSR count). The normalized spacial score (nSPS) is 30.4. The predicted octanol–water partition coefficient (Wildman–Crippen LogP) is 1.27. The van der Waals surface area contributed by atoms with E-state index < -0.39 is 0 Å². The Labute approximate surface area is 111 Å². The Balaban J connectivity index is 1.85. The van der Waals surface area contributed by atoms with Crippen molar-refractivity contribution in [2.75, 3.05) is 26.8 Å². The van der Waals surface area contributed by atoms with Crippen LogP contribution in [0.3, 0.4) is 0 Å². The van der Waals surface area contributed by atoms with Crippen molar-refractivity contribution < 1.29 is 4.79 Å². The minimum absolute atomic E-state index is 0.0545. The second kappa shape index (κ2) is 6.02. The van der Waals surface area contributed by atoms with Crippen LogP contribution in [0.25, 0.3) is 0 Å². The fourth-order valence-electron chi connectivity index (χ4n) is 3.05. The van der Waals surface area contributed by atoms with Crippen LogP contribution in [0.2, 0.25) is 0 Å². The summed E-state index contributed by atoms with van der Waals surface area (Å²) in [6.07, 6.45) is 4.79. The highest BCUT2D eigenvalue weighted by molar-refractivity contribution is 5.83. The average molecular weight is 253 g/mol. The molecular weight excluding hydrogens is 226 g/mol. The fourth-order valence-corrected chi connectivity index (χ4v) is 3.05. The molecule has 0 aromatic heterocycles. The third-order valence-corrected chi connectivity index (χ3v) is 4.20. The lowest BCUT2D eigenvalue weighted by molar-refractivity contribution is -0.130. The van der Waals surface area contributed by atoms with Gasteiger partial charge in [-0.1, -0.05) is 20.3 Å². The largest absolute Gasteiger partial charge is 0.327 e. The maximum Gasteiger partial charge on any atom is 0.240 e. The molecule has 2 heterocycles. The van der Waals surface area contributed by atoms with Gasteiger partial charge in [-0.15, -0.1) is 0 Å². The van der Waals surface area contributed by atoms with Crippen LogP contribution in [0.15, 0.2) is 0 Å². The van der Waals surface area contributed by atoms with Crippen LogP contribution < -0.4 is 5.32 Å². The molecule has 4 heteroatoms. The first kappa shape index (κ1) is 13.8. The van der Waals surface area contributed by atoms with Gasteiger partial charge in [0.05, 0.1) is 12.7 Å². The smallest absolute Gasteiger partial charge is 0.240 e. The molecule has 2 unspecified atom stereocenters. The second-order valence-corrected chi connectivity index (χ2v) is 6.24. The molecule has 1 amide bonds. The lowest BCUT2D eigenvalue weighted by atomic mass is 10.0. The molecule has 2 aliphatic heterocycles. The second-order valence-electron chi connectivity index (χ2n) is 6.24. The van der Waals surface area contributed by atoms with E-state index in [2.05, 4.69) is 31.1 Å². The van der Waals surface area contributed by atoms with Crippen molar-refractivity contribution in [3.63, 3.8) is 0 Å². The highest BCUT2D eigenvalue weighted by atomic mass is 16.2. The molecule has 4 nitrogen and oxygen atoms in total. The molecule has 0 aromatic carbocycles. The zero-order valence-corrected chi connectivity index (χ0v) is 12.0. The lowest BCUT2D eigenvalue weighted by Gasteiger charge is -2.34. The van der Waals surface area contributed by atoms with Gasteiger partial charge in [0.25, 0.3) is 0 Å². The first-order valence-corrected chi connectivity index (χ1v) is 7.30. The standard InChI is InChI=1S/C14H27N3O/c1-11(2)8-13-14(18)17(10-15-13)9-12-6-4-5-7-16(12)3/h11-13,15H,4-10H2,1-3H3. The van der Waals surface area contributed by atoms with Gasteiger partial charge in [0, 0.05) is 12.6 Å². The van der Waals surface area contributed by atoms with Gasteiger partial charge in [-0.3, -0.25) is 10.1 Å². The molecular formula is C14H27N3O. The van der Waals surface area contributed by atoms with Crippen LogP contribution in [0.5, 0.6) is 0 Å². The zero-order valence-electron chi connectivity index (χ0n) is 12.0. The number of hydrogen-bond donors (Lipinski definition) is 1. The number of nitrogens with zero attached hydrogens (tertiary/aromatic N) is 2. The molecule has 0 saturated carbocycles. The summed E-state index contributed by atoms with van der Waals surface area (Å²) >= 11 is 0. The quantitative estimate of drug-likeness (QED) is 0.819. The van der Waals surface area contributed by atoms with Gasteiger partial charge in [0.15, 0.2) is 0 Å². The molecule has 18 heavy (non-hydrogen) atoms. The van der Waals surface area contributed by atoms with E-state index in [1.165, 1.54) is 25.8 Å². The van der Waals surface area contributed by atoms with Crippen molar-refractivity contribution >= 4 is 5.91 Å². The number of likely N-dealkylation sites (N-methyl/N-ethyl adjacent to an activating group) is 1. The summed E-state index contributed by atoms with van der Waals surface area (Å²) in [6, 6.07) is 0.612. The van der Waals surface area contributed by atoms with E-state index in [0.717, 1.165) is 19.6 Å². The van der Waals surface area contributed by atoms with Crippen LogP contribution in [-0.4, -0.2) is 54.6 Å². The molecule has 2 fully saturated rings. The van der Waals surface area contributed by atoms with Crippen molar-refractivity contribution in [1.29, 1.82) is 0 Å². The minimum Gasteiger partial charge on any atom is -0.327 e. The first-order valence-electron chi connectivity index (χ1n) is 7.30. The Morgan fingerprint density at radius 2 is 2.17 bits per heavy atom. The van der Waals surface area contributed by atoms with Gasteiger partial charge >= 0.3 is 0 Å². The number of nitrogens with one attached hydrogen (secondary N) is 1. The number of piperidine rings is 1. The van der Waals surface area contributed by atoms with Crippen molar-refractivity contribution in [2.45, 2.75) is 51.6 Å². The Morgan fingerprint density at radius 3 is 2.83 bits per heavy atom. The Kier molecular flexibility index (Phi) is 4.62. The molecule has 2 atom stereocenters. The van der Waals surface area contributed by atoms with E-state index in [9.17, 15) is 4.79 Å². The summed E-state index contributed by atoms with van der Waals surface area (Å²) < 4.78 is 0. The molecule has 104 valence electrons. The summed E-state index contributed by atoms with van der Waals surface area (Å²) in [7, 11) is 2.18. The van der Waals surface area contributed by atoms with Gasteiger partial charge in [-0.25, -0.2) is 0 Å². The highest BCUT2D eigenvalue weighted by Crippen LogP contribution is 2.19. The van der Waals surface area contributed by atoms with Gasteiger partial charge in [0.2, 0.25) is 5.91 Å². The number of rotatable bonds is 4. The highest BCUT2D eigenvalue weighted by Gasteiger charge is 2.33. The van der Waals surface area contributed by atoms with Gasteiger partial charge in [0.1, 0.15) is 0 Å². The van der Waals surface area contributed by atoms with Crippen molar-refractivity contribution in [1.82, 2.24) is 15.1 Å². The maximum absolute atomic E-state index is 12.3. The molecule has 0 spiro atoms. The number of amides is 1. The fraction of sp³-hybridized carbons (Fsp3) is 0.929.